The minimum Gasteiger partial charge on any atom is -0.494 e. The van der Waals surface area contributed by atoms with Gasteiger partial charge in [-0.3, -0.25) is 4.72 Å². The molecule has 0 aliphatic rings. The van der Waals surface area contributed by atoms with Crippen LogP contribution in [0.2, 0.25) is 0 Å². The van der Waals surface area contributed by atoms with Crippen LogP contribution in [-0.2, 0) is 10.0 Å². The Morgan fingerprint density at radius 2 is 1.56 bits per heavy atom. The molecule has 0 fully saturated rings. The van der Waals surface area contributed by atoms with Crippen molar-refractivity contribution >= 4 is 21.7 Å². The summed E-state index contributed by atoms with van der Waals surface area (Å²) < 4.78 is 33.7. The van der Waals surface area contributed by atoms with Gasteiger partial charge in [0.05, 0.1) is 17.1 Å². The van der Waals surface area contributed by atoms with E-state index in [2.05, 4.69) is 11.6 Å². The van der Waals surface area contributed by atoms with Gasteiger partial charge in [-0.1, -0.05) is 51.1 Å². The normalized spacial score (nSPS) is 11.4. The number of carbonyl (C=O) groups is 1. The quantitative estimate of drug-likeness (QED) is 0.429. The molecule has 168 valence electrons. The van der Waals surface area contributed by atoms with E-state index in [0.717, 1.165) is 23.3 Å². The third-order valence-corrected chi connectivity index (χ3v) is 6.36. The Bertz CT molecular complexity index is 1180. The Morgan fingerprint density at radius 1 is 0.969 bits per heavy atom. The third-order valence-electron chi connectivity index (χ3n) is 4.99. The minimum absolute atomic E-state index is 0.00964. The molecule has 0 radical (unpaired) electrons. The van der Waals surface area contributed by atoms with Gasteiger partial charge in [0.25, 0.3) is 10.0 Å². The van der Waals surface area contributed by atoms with Gasteiger partial charge in [0.1, 0.15) is 5.75 Å². The summed E-state index contributed by atoms with van der Waals surface area (Å²) in [6, 6.07) is 18.9. The standard InChI is InChI=1S/C25H27NO5S/c1-4-15-31-21-11-7-19(8-12-21)18-5-9-20(10-6-18)26-32(29,30)22-13-14-23(17(2)3)24(16-22)25(27)28/h5-14,16-17,26H,4,15H2,1-3H3,(H,27,28). The molecule has 0 aliphatic carbocycles. The van der Waals surface area contributed by atoms with E-state index in [-0.39, 0.29) is 16.4 Å². The van der Waals surface area contributed by atoms with Crippen molar-refractivity contribution in [2.45, 2.75) is 38.0 Å². The highest BCUT2D eigenvalue weighted by molar-refractivity contribution is 7.92. The van der Waals surface area contributed by atoms with Gasteiger partial charge >= 0.3 is 5.97 Å². The first-order chi connectivity index (χ1) is 15.2. The van der Waals surface area contributed by atoms with Crippen LogP contribution >= 0.6 is 0 Å². The summed E-state index contributed by atoms with van der Waals surface area (Å²) in [5, 5.41) is 9.47. The molecule has 3 rings (SSSR count). The van der Waals surface area contributed by atoms with Gasteiger partial charge in [0, 0.05) is 5.69 Å². The van der Waals surface area contributed by atoms with E-state index >= 15 is 0 Å². The molecule has 32 heavy (non-hydrogen) atoms. The average Bonchev–Trinajstić information content (AvgIpc) is 2.78. The van der Waals surface area contributed by atoms with Crippen LogP contribution in [0.15, 0.2) is 71.6 Å². The van der Waals surface area contributed by atoms with Crippen molar-refractivity contribution in [1.29, 1.82) is 0 Å². The molecule has 0 heterocycles. The molecule has 0 aliphatic heterocycles. The van der Waals surface area contributed by atoms with E-state index < -0.39 is 16.0 Å². The molecule has 0 saturated heterocycles. The predicted octanol–water partition coefficient (Wildman–Crippen LogP) is 5.76. The first-order valence-corrected chi connectivity index (χ1v) is 11.9. The van der Waals surface area contributed by atoms with Gasteiger partial charge in [-0.05, 0) is 65.4 Å². The van der Waals surface area contributed by atoms with E-state index in [1.165, 1.54) is 12.1 Å². The van der Waals surface area contributed by atoms with Gasteiger partial charge in [-0.2, -0.15) is 0 Å². The number of rotatable bonds is 9. The molecule has 0 amide bonds. The molecule has 3 aromatic carbocycles. The van der Waals surface area contributed by atoms with Crippen LogP contribution in [0.4, 0.5) is 5.69 Å². The van der Waals surface area contributed by atoms with E-state index in [9.17, 15) is 18.3 Å². The second kappa shape index (κ2) is 9.87. The Kier molecular flexibility index (Phi) is 7.20. The summed E-state index contributed by atoms with van der Waals surface area (Å²) >= 11 is 0. The van der Waals surface area contributed by atoms with Crippen LogP contribution < -0.4 is 9.46 Å². The van der Waals surface area contributed by atoms with Crippen LogP contribution in [0, 0.1) is 0 Å². The molecule has 0 spiro atoms. The summed E-state index contributed by atoms with van der Waals surface area (Å²) in [5.74, 6) is -0.379. The van der Waals surface area contributed by atoms with Crippen LogP contribution in [-0.4, -0.2) is 26.1 Å². The Morgan fingerprint density at radius 3 is 2.09 bits per heavy atom. The van der Waals surface area contributed by atoms with Crippen molar-refractivity contribution in [2.75, 3.05) is 11.3 Å². The maximum absolute atomic E-state index is 12.8. The first-order valence-electron chi connectivity index (χ1n) is 10.4. The SMILES string of the molecule is CCCOc1ccc(-c2ccc(NS(=O)(=O)c3ccc(C(C)C)c(C(=O)O)c3)cc2)cc1. The molecule has 0 aromatic heterocycles. The van der Waals surface area contributed by atoms with Crippen molar-refractivity contribution in [3.63, 3.8) is 0 Å². The maximum Gasteiger partial charge on any atom is 0.336 e. The molecule has 0 atom stereocenters. The highest BCUT2D eigenvalue weighted by Crippen LogP contribution is 2.27. The predicted molar refractivity (Wildman–Crippen MR) is 126 cm³/mol. The molecule has 6 nitrogen and oxygen atoms in total. The fourth-order valence-corrected chi connectivity index (χ4v) is 4.38. The molecule has 0 saturated carbocycles. The lowest BCUT2D eigenvalue weighted by molar-refractivity contribution is 0.0695. The van der Waals surface area contributed by atoms with Crippen LogP contribution in [0.3, 0.4) is 0 Å². The zero-order chi connectivity index (χ0) is 23.3. The fraction of sp³-hybridized carbons (Fsp3) is 0.240. The van der Waals surface area contributed by atoms with Gasteiger partial charge in [0.15, 0.2) is 0 Å². The summed E-state index contributed by atoms with van der Waals surface area (Å²) in [6.07, 6.45) is 0.943. The van der Waals surface area contributed by atoms with Gasteiger partial charge in [-0.25, -0.2) is 13.2 Å². The topological polar surface area (TPSA) is 92.7 Å². The number of nitrogens with one attached hydrogen (secondary N) is 1. The summed E-state index contributed by atoms with van der Waals surface area (Å²) in [6.45, 7) is 6.45. The van der Waals surface area contributed by atoms with Crippen molar-refractivity contribution in [3.05, 3.63) is 77.9 Å². The number of benzene rings is 3. The zero-order valence-corrected chi connectivity index (χ0v) is 19.1. The number of hydrogen-bond donors (Lipinski definition) is 2. The molecule has 0 bridgehead atoms. The summed E-state index contributed by atoms with van der Waals surface area (Å²) in [5.41, 5.74) is 2.89. The lowest BCUT2D eigenvalue weighted by Gasteiger charge is -2.13. The Labute approximate surface area is 188 Å². The number of sulfonamides is 1. The number of anilines is 1. The minimum atomic E-state index is -3.93. The molecule has 0 unspecified atom stereocenters. The average molecular weight is 454 g/mol. The van der Waals surface area contributed by atoms with Crippen molar-refractivity contribution in [1.82, 2.24) is 0 Å². The van der Waals surface area contributed by atoms with Crippen molar-refractivity contribution < 1.29 is 23.1 Å². The lowest BCUT2D eigenvalue weighted by atomic mass is 9.97. The Hall–Kier alpha value is -3.32. The van der Waals surface area contributed by atoms with E-state index in [1.54, 1.807) is 18.2 Å². The third kappa shape index (κ3) is 5.48. The number of ether oxygens (including phenoxy) is 1. The number of carboxylic acid groups (broad SMARTS) is 1. The van der Waals surface area contributed by atoms with Gasteiger partial charge < -0.3 is 9.84 Å². The summed E-state index contributed by atoms with van der Waals surface area (Å²) in [4.78, 5) is 11.5. The number of hydrogen-bond acceptors (Lipinski definition) is 4. The second-order valence-corrected chi connectivity index (χ2v) is 9.45. The first kappa shape index (κ1) is 23.3. The van der Waals surface area contributed by atoms with Crippen LogP contribution in [0.25, 0.3) is 11.1 Å². The van der Waals surface area contributed by atoms with E-state index in [4.69, 9.17) is 4.74 Å². The van der Waals surface area contributed by atoms with Crippen molar-refractivity contribution in [2.24, 2.45) is 0 Å². The molecule has 2 N–H and O–H groups in total. The largest absolute Gasteiger partial charge is 0.494 e. The van der Waals surface area contributed by atoms with Crippen molar-refractivity contribution in [3.8, 4) is 16.9 Å². The smallest absolute Gasteiger partial charge is 0.336 e. The highest BCUT2D eigenvalue weighted by atomic mass is 32.2. The van der Waals surface area contributed by atoms with Crippen LogP contribution in [0.5, 0.6) is 5.75 Å². The van der Waals surface area contributed by atoms with E-state index in [1.807, 2.05) is 50.2 Å². The van der Waals surface area contributed by atoms with Gasteiger partial charge in [-0.15, -0.1) is 0 Å². The molecular formula is C25H27NO5S. The van der Waals surface area contributed by atoms with Gasteiger partial charge in [0.2, 0.25) is 0 Å². The second-order valence-electron chi connectivity index (χ2n) is 7.76. The number of carboxylic acids is 1. The Balaban J connectivity index is 1.78. The molecule has 7 heteroatoms. The lowest BCUT2D eigenvalue weighted by Crippen LogP contribution is -2.15. The summed E-state index contributed by atoms with van der Waals surface area (Å²) in [7, 11) is -3.93. The maximum atomic E-state index is 12.8. The van der Waals surface area contributed by atoms with Crippen LogP contribution in [0.1, 0.15) is 49.0 Å². The fourth-order valence-electron chi connectivity index (χ4n) is 3.30. The zero-order valence-electron chi connectivity index (χ0n) is 18.3. The highest BCUT2D eigenvalue weighted by Gasteiger charge is 2.20. The number of aromatic carboxylic acids is 1. The molecule has 3 aromatic rings. The monoisotopic (exact) mass is 453 g/mol. The van der Waals surface area contributed by atoms with E-state index in [0.29, 0.717) is 17.9 Å². The molecular weight excluding hydrogens is 426 g/mol.